The zero-order valence-corrected chi connectivity index (χ0v) is 21.2. The molecule has 1 aromatic heterocycles. The average molecular weight is 485 g/mol. The van der Waals surface area contributed by atoms with Gasteiger partial charge in [-0.2, -0.15) is 0 Å². The molecule has 5 heteroatoms. The molecule has 0 bridgehead atoms. The fourth-order valence-corrected chi connectivity index (χ4v) is 4.73. The van der Waals surface area contributed by atoms with Gasteiger partial charge in [0, 0.05) is 33.7 Å². The van der Waals surface area contributed by atoms with Gasteiger partial charge in [-0.15, -0.1) is 0 Å². The van der Waals surface area contributed by atoms with Crippen molar-refractivity contribution in [2.24, 2.45) is 0 Å². The van der Waals surface area contributed by atoms with Crippen LogP contribution in [0.15, 0.2) is 77.6 Å². The number of aromatic nitrogens is 1. The van der Waals surface area contributed by atoms with Crippen molar-refractivity contribution >= 4 is 23.2 Å². The Morgan fingerprint density at radius 1 is 0.886 bits per heavy atom. The van der Waals surface area contributed by atoms with Gasteiger partial charge in [0.2, 0.25) is 0 Å². The molecule has 0 aliphatic heterocycles. The fraction of sp³-hybridized carbons (Fsp3) is 0.200. The predicted octanol–water partition coefficient (Wildman–Crippen LogP) is 7.15. The molecule has 3 aromatic carbocycles. The Morgan fingerprint density at radius 3 is 2.17 bits per heavy atom. The standard InChI is InChI=1S/C30H29ClN2O2/c1-5-21-11-8-12-22(6-2)28(21)32-30(35)27-26(34)17-20(4)33(25-15-7-10-19(3)16-25)29(27)23-13-9-14-24(31)18-23/h7-18H,5-6H2,1-4H3,(H,32,35). The van der Waals surface area contributed by atoms with Crippen molar-refractivity contribution < 1.29 is 4.79 Å². The summed E-state index contributed by atoms with van der Waals surface area (Å²) in [4.78, 5) is 27.3. The summed E-state index contributed by atoms with van der Waals surface area (Å²) >= 11 is 6.35. The lowest BCUT2D eigenvalue weighted by Crippen LogP contribution is -2.27. The maximum Gasteiger partial charge on any atom is 0.261 e. The molecule has 0 saturated heterocycles. The minimum absolute atomic E-state index is 0.0901. The van der Waals surface area contributed by atoms with Gasteiger partial charge in [-0.25, -0.2) is 0 Å². The minimum atomic E-state index is -0.429. The number of benzene rings is 3. The third-order valence-electron chi connectivity index (χ3n) is 6.22. The number of amides is 1. The van der Waals surface area contributed by atoms with Crippen LogP contribution in [0, 0.1) is 13.8 Å². The molecule has 0 spiro atoms. The quantitative estimate of drug-likeness (QED) is 0.316. The summed E-state index contributed by atoms with van der Waals surface area (Å²) in [6.45, 7) is 8.00. The molecule has 1 heterocycles. The predicted molar refractivity (Wildman–Crippen MR) is 145 cm³/mol. The SMILES string of the molecule is CCc1cccc(CC)c1NC(=O)c1c(-c2cccc(Cl)c2)n(-c2cccc(C)c2)c(C)cc1=O. The highest BCUT2D eigenvalue weighted by molar-refractivity contribution is 6.30. The highest BCUT2D eigenvalue weighted by Crippen LogP contribution is 2.31. The van der Waals surface area contributed by atoms with Gasteiger partial charge in [-0.3, -0.25) is 9.59 Å². The summed E-state index contributed by atoms with van der Waals surface area (Å²) in [6, 6.07) is 22.8. The Labute approximate surface area is 211 Å². The van der Waals surface area contributed by atoms with Gasteiger partial charge in [0.15, 0.2) is 5.43 Å². The van der Waals surface area contributed by atoms with Crippen molar-refractivity contribution in [2.75, 3.05) is 5.32 Å². The number of carbonyl (C=O) groups is 1. The summed E-state index contributed by atoms with van der Waals surface area (Å²) in [5, 5.41) is 3.62. The second kappa shape index (κ2) is 10.3. The fourth-order valence-electron chi connectivity index (χ4n) is 4.54. The van der Waals surface area contributed by atoms with E-state index in [9.17, 15) is 9.59 Å². The van der Waals surface area contributed by atoms with E-state index >= 15 is 0 Å². The van der Waals surface area contributed by atoms with Crippen molar-refractivity contribution in [3.63, 3.8) is 0 Å². The van der Waals surface area contributed by atoms with E-state index in [0.717, 1.165) is 46.6 Å². The van der Waals surface area contributed by atoms with Gasteiger partial charge in [0.05, 0.1) is 5.69 Å². The molecule has 178 valence electrons. The number of carbonyl (C=O) groups excluding carboxylic acids is 1. The van der Waals surface area contributed by atoms with E-state index in [1.165, 1.54) is 6.07 Å². The molecule has 0 fully saturated rings. The molecular weight excluding hydrogens is 456 g/mol. The van der Waals surface area contributed by atoms with Gasteiger partial charge in [0.1, 0.15) is 5.56 Å². The maximum absolute atomic E-state index is 13.9. The van der Waals surface area contributed by atoms with Gasteiger partial charge in [-0.1, -0.05) is 67.9 Å². The van der Waals surface area contributed by atoms with E-state index < -0.39 is 5.91 Å². The smallest absolute Gasteiger partial charge is 0.261 e. The molecule has 4 rings (SSSR count). The van der Waals surface area contributed by atoms with Crippen molar-refractivity contribution in [1.82, 2.24) is 4.57 Å². The summed E-state index contributed by atoms with van der Waals surface area (Å²) in [5.41, 5.74) is 6.51. The Kier molecular flexibility index (Phi) is 7.23. The number of hydrogen-bond acceptors (Lipinski definition) is 2. The van der Waals surface area contributed by atoms with E-state index in [1.54, 1.807) is 12.1 Å². The second-order valence-electron chi connectivity index (χ2n) is 8.67. The summed E-state index contributed by atoms with van der Waals surface area (Å²) in [7, 11) is 0. The van der Waals surface area contributed by atoms with Crippen LogP contribution in [0.2, 0.25) is 5.02 Å². The maximum atomic E-state index is 13.9. The van der Waals surface area contributed by atoms with E-state index in [1.807, 2.05) is 73.0 Å². The highest BCUT2D eigenvalue weighted by Gasteiger charge is 2.24. The number of pyridine rings is 1. The molecular formula is C30H29ClN2O2. The third-order valence-corrected chi connectivity index (χ3v) is 6.46. The Hall–Kier alpha value is -3.63. The van der Waals surface area contributed by atoms with Gasteiger partial charge >= 0.3 is 0 Å². The number of nitrogens with one attached hydrogen (secondary N) is 1. The number of aryl methyl sites for hydroxylation is 4. The van der Waals surface area contributed by atoms with Crippen LogP contribution < -0.4 is 10.7 Å². The molecule has 0 unspecified atom stereocenters. The largest absolute Gasteiger partial charge is 0.321 e. The summed E-state index contributed by atoms with van der Waals surface area (Å²) in [5.74, 6) is -0.429. The molecule has 4 nitrogen and oxygen atoms in total. The summed E-state index contributed by atoms with van der Waals surface area (Å²) < 4.78 is 1.96. The highest BCUT2D eigenvalue weighted by atomic mass is 35.5. The van der Waals surface area contributed by atoms with Gasteiger partial charge in [-0.05, 0) is 67.6 Å². The van der Waals surface area contributed by atoms with Crippen LogP contribution in [0.25, 0.3) is 16.9 Å². The first-order valence-electron chi connectivity index (χ1n) is 11.9. The molecule has 0 aliphatic rings. The number of rotatable bonds is 6. The Bertz CT molecular complexity index is 1450. The topological polar surface area (TPSA) is 51.1 Å². The van der Waals surface area contributed by atoms with Crippen LogP contribution in [-0.4, -0.2) is 10.5 Å². The molecule has 0 atom stereocenters. The number of hydrogen-bond donors (Lipinski definition) is 1. The van der Waals surface area contributed by atoms with Crippen molar-refractivity contribution in [2.45, 2.75) is 40.5 Å². The van der Waals surface area contributed by atoms with E-state index in [4.69, 9.17) is 11.6 Å². The monoisotopic (exact) mass is 484 g/mol. The van der Waals surface area contributed by atoms with Crippen LogP contribution in [0.1, 0.15) is 46.6 Å². The van der Waals surface area contributed by atoms with Crippen LogP contribution in [-0.2, 0) is 12.8 Å². The first-order chi connectivity index (χ1) is 16.8. The molecule has 1 N–H and O–H groups in total. The zero-order valence-electron chi connectivity index (χ0n) is 20.5. The van der Waals surface area contributed by atoms with Crippen LogP contribution in [0.5, 0.6) is 0 Å². The van der Waals surface area contributed by atoms with E-state index in [-0.39, 0.29) is 11.0 Å². The third kappa shape index (κ3) is 4.94. The van der Waals surface area contributed by atoms with Crippen molar-refractivity contribution in [3.8, 4) is 16.9 Å². The lowest BCUT2D eigenvalue weighted by Gasteiger charge is -2.22. The lowest BCUT2D eigenvalue weighted by molar-refractivity contribution is 0.102. The normalized spacial score (nSPS) is 10.9. The van der Waals surface area contributed by atoms with Gasteiger partial charge in [0.25, 0.3) is 5.91 Å². The number of para-hydroxylation sites is 1. The second-order valence-corrected chi connectivity index (χ2v) is 9.11. The first kappa shape index (κ1) is 24.5. The number of nitrogens with zero attached hydrogens (tertiary/aromatic N) is 1. The van der Waals surface area contributed by atoms with Crippen molar-refractivity contribution in [1.29, 1.82) is 0 Å². The molecule has 4 aromatic rings. The van der Waals surface area contributed by atoms with E-state index in [0.29, 0.717) is 16.3 Å². The molecule has 0 saturated carbocycles. The van der Waals surface area contributed by atoms with Crippen LogP contribution in [0.3, 0.4) is 0 Å². The van der Waals surface area contributed by atoms with Gasteiger partial charge < -0.3 is 9.88 Å². The average Bonchev–Trinajstić information content (AvgIpc) is 2.83. The number of anilines is 1. The van der Waals surface area contributed by atoms with Crippen molar-refractivity contribution in [3.05, 3.63) is 116 Å². The molecule has 35 heavy (non-hydrogen) atoms. The number of halogens is 1. The molecule has 0 aliphatic carbocycles. The van der Waals surface area contributed by atoms with E-state index in [2.05, 4.69) is 19.2 Å². The van der Waals surface area contributed by atoms with Crippen LogP contribution in [0.4, 0.5) is 5.69 Å². The Balaban J connectivity index is 2.00. The first-order valence-corrected chi connectivity index (χ1v) is 12.2. The lowest BCUT2D eigenvalue weighted by atomic mass is 10.00. The zero-order chi connectivity index (χ0) is 25.1. The van der Waals surface area contributed by atoms with Crippen LogP contribution >= 0.6 is 11.6 Å². The molecule has 0 radical (unpaired) electrons. The summed E-state index contributed by atoms with van der Waals surface area (Å²) in [6.07, 6.45) is 1.54. The Morgan fingerprint density at radius 2 is 1.54 bits per heavy atom. The molecule has 1 amide bonds. The minimum Gasteiger partial charge on any atom is -0.321 e.